The van der Waals surface area contributed by atoms with E-state index in [2.05, 4.69) is 0 Å². The summed E-state index contributed by atoms with van der Waals surface area (Å²) in [6, 6.07) is 0. The van der Waals surface area contributed by atoms with E-state index in [1.807, 2.05) is 0 Å². The Bertz CT molecular complexity index is 162. The van der Waals surface area contributed by atoms with Gasteiger partial charge in [-0.1, -0.05) is 0 Å². The van der Waals surface area contributed by atoms with Crippen molar-refractivity contribution >= 4 is 10.4 Å². The minimum atomic E-state index is -4.67. The Morgan fingerprint density at radius 3 is 0.929 bits per heavy atom. The molecule has 0 radical (unpaired) electrons. The molecule has 14 heavy (non-hydrogen) atoms. The molecule has 0 rings (SSSR count). The van der Waals surface area contributed by atoms with Crippen LogP contribution in [-0.2, 0) is 30.8 Å². The van der Waals surface area contributed by atoms with Crippen molar-refractivity contribution in [1.29, 1.82) is 0 Å². The standard InChI is InChI=1S/2HNO2.2H3N.H2O4S.Pd/c2*2-1-3;;;1-5(2,3)4;/h2*(H,2,3);2*1H3;(H2,1,2,3,4);/p-2. The van der Waals surface area contributed by atoms with Gasteiger partial charge in [0.15, 0.2) is 0 Å². The fraction of sp³-hybridized carbons (Fsp3) is 0. The molecule has 14 heteroatoms. The average molecular weight is 331 g/mol. The average Bonchev–Trinajstić information content (AvgIpc) is 1.62. The first-order valence-electron chi connectivity index (χ1n) is 1.43. The molecule has 12 nitrogen and oxygen atoms in total. The second-order valence-corrected chi connectivity index (χ2v) is 1.49. The van der Waals surface area contributed by atoms with Gasteiger partial charge in [-0.15, -0.1) is 10.7 Å². The van der Waals surface area contributed by atoms with Crippen molar-refractivity contribution in [2.75, 3.05) is 0 Å². The van der Waals surface area contributed by atoms with Crippen LogP contribution in [0.5, 0.6) is 0 Å². The zero-order valence-electron chi connectivity index (χ0n) is 6.38. The molecule has 0 amide bonds. The molecule has 0 aromatic heterocycles. The first kappa shape index (κ1) is 37.8. The van der Waals surface area contributed by atoms with Crippen LogP contribution in [-0.4, -0.2) is 17.5 Å². The van der Waals surface area contributed by atoms with Crippen molar-refractivity contribution in [3.8, 4) is 0 Å². The Balaban J connectivity index is -0.0000000162. The fourth-order valence-electron chi connectivity index (χ4n) is 0. The molecule has 94 valence electrons. The van der Waals surface area contributed by atoms with E-state index < -0.39 is 10.4 Å². The molecule has 0 fully saturated rings. The first-order chi connectivity index (χ1) is 4.83. The predicted octanol–water partition coefficient (Wildman–Crippen LogP) is 0.170. The summed E-state index contributed by atoms with van der Waals surface area (Å²) in [7, 11) is -4.67. The zero-order valence-corrected chi connectivity index (χ0v) is 8.75. The Kier molecular flexibility index (Phi) is 79.7. The van der Waals surface area contributed by atoms with E-state index in [1.165, 1.54) is 0 Å². The van der Waals surface area contributed by atoms with E-state index >= 15 is 0 Å². The molecule has 0 aliphatic carbocycles. The third-order valence-electron chi connectivity index (χ3n) is 0. The molecule has 8 N–H and O–H groups in total. The van der Waals surface area contributed by atoms with Crippen LogP contribution in [0.25, 0.3) is 0 Å². The molecule has 0 aromatic carbocycles. The maximum Gasteiger partial charge on any atom is 0.394 e. The summed E-state index contributed by atoms with van der Waals surface area (Å²) >= 11 is 0. The van der Waals surface area contributed by atoms with E-state index in [-0.39, 0.29) is 32.7 Å². The molecule has 0 saturated heterocycles. The van der Waals surface area contributed by atoms with Crippen molar-refractivity contribution in [3.05, 3.63) is 20.2 Å². The zero-order chi connectivity index (χ0) is 9.91. The number of hydrogen-bond acceptors (Lipinski definition) is 10. The molecule has 0 aliphatic heterocycles. The third kappa shape index (κ3) is 2120. The Hall–Kier alpha value is -0.748. The molecule has 0 atom stereocenters. The van der Waals surface area contributed by atoms with Crippen molar-refractivity contribution in [3.63, 3.8) is 0 Å². The van der Waals surface area contributed by atoms with Crippen molar-refractivity contribution in [2.24, 2.45) is 10.7 Å². The summed E-state index contributed by atoms with van der Waals surface area (Å²) in [5.74, 6) is 0. The van der Waals surface area contributed by atoms with Gasteiger partial charge in [0.05, 0.1) is 0 Å². The maximum absolute atomic E-state index is 8.74. The van der Waals surface area contributed by atoms with Gasteiger partial charge in [0, 0.05) is 20.4 Å². The smallest absolute Gasteiger partial charge is 0.394 e. The topological polar surface area (TPSA) is 250 Å². The summed E-state index contributed by atoms with van der Waals surface area (Å²) in [6.07, 6.45) is 0. The fourth-order valence-corrected chi connectivity index (χ4v) is 0. The van der Waals surface area contributed by atoms with E-state index in [4.69, 9.17) is 37.8 Å². The summed E-state index contributed by atoms with van der Waals surface area (Å²) in [4.78, 5) is 16.0. The summed E-state index contributed by atoms with van der Waals surface area (Å²) in [5, 5.41) is 18.0. The van der Waals surface area contributed by atoms with Crippen LogP contribution in [0.1, 0.15) is 0 Å². The normalized spacial score (nSPS) is 5.86. The van der Waals surface area contributed by atoms with Crippen LogP contribution in [0.15, 0.2) is 10.7 Å². The van der Waals surface area contributed by atoms with Crippen LogP contribution in [0, 0.1) is 20.2 Å². The van der Waals surface area contributed by atoms with Gasteiger partial charge in [0.25, 0.3) is 0 Å². The first-order valence-corrected chi connectivity index (χ1v) is 2.83. The Labute approximate surface area is 92.0 Å². The molecule has 0 aliphatic rings. The quantitative estimate of drug-likeness (QED) is 0.202. The monoisotopic (exact) mass is 330 g/mol. The molecular formula is H8N4O8PdS-2. The predicted molar refractivity (Wildman–Crippen MR) is 42.5 cm³/mol. The van der Waals surface area contributed by atoms with E-state index in [9.17, 15) is 0 Å². The summed E-state index contributed by atoms with van der Waals surface area (Å²) < 4.78 is 31.6. The van der Waals surface area contributed by atoms with Gasteiger partial charge in [-0.05, 0) is 0 Å². The molecule has 0 bridgehead atoms. The molecule has 0 aromatic rings. The van der Waals surface area contributed by atoms with Gasteiger partial charge in [-0.2, -0.15) is 8.42 Å². The van der Waals surface area contributed by atoms with Crippen LogP contribution in [0.3, 0.4) is 0 Å². The summed E-state index contributed by atoms with van der Waals surface area (Å²) in [5.41, 5.74) is 0. The molecular weight excluding hydrogens is 323 g/mol. The third-order valence-corrected chi connectivity index (χ3v) is 0. The second-order valence-electron chi connectivity index (χ2n) is 0.597. The van der Waals surface area contributed by atoms with E-state index in [0.717, 1.165) is 10.7 Å². The largest absolute Gasteiger partial charge is 0.444 e. The maximum atomic E-state index is 8.74. The number of rotatable bonds is 0. The van der Waals surface area contributed by atoms with Crippen molar-refractivity contribution < 1.29 is 37.9 Å². The minimum absolute atomic E-state index is 0. The van der Waals surface area contributed by atoms with E-state index in [0.29, 0.717) is 0 Å². The van der Waals surface area contributed by atoms with Gasteiger partial charge >= 0.3 is 10.4 Å². The van der Waals surface area contributed by atoms with Gasteiger partial charge in [-0.25, -0.2) is 0 Å². The SMILES string of the molecule is N.N.O=N[O-].O=N[O-].O=S(=O)(O)O.[Pd]. The Morgan fingerprint density at radius 1 is 0.929 bits per heavy atom. The molecule has 0 saturated carbocycles. The van der Waals surface area contributed by atoms with Gasteiger partial charge in [0.2, 0.25) is 0 Å². The summed E-state index contributed by atoms with van der Waals surface area (Å²) in [6.45, 7) is 0. The van der Waals surface area contributed by atoms with Crippen LogP contribution >= 0.6 is 0 Å². The molecule has 0 unspecified atom stereocenters. The van der Waals surface area contributed by atoms with Gasteiger partial charge in [-0.3, -0.25) is 9.11 Å². The van der Waals surface area contributed by atoms with Crippen LogP contribution in [0.4, 0.5) is 0 Å². The minimum Gasteiger partial charge on any atom is -0.444 e. The molecule has 0 heterocycles. The van der Waals surface area contributed by atoms with Crippen molar-refractivity contribution in [2.45, 2.75) is 0 Å². The number of hydrogen-bond donors (Lipinski definition) is 4. The van der Waals surface area contributed by atoms with Crippen LogP contribution in [0.2, 0.25) is 0 Å². The number of nitrogens with zero attached hydrogens (tertiary/aromatic N) is 2. The second kappa shape index (κ2) is 29.5. The van der Waals surface area contributed by atoms with Gasteiger partial charge in [0.1, 0.15) is 0 Å². The Morgan fingerprint density at radius 2 is 0.929 bits per heavy atom. The van der Waals surface area contributed by atoms with Crippen molar-refractivity contribution in [1.82, 2.24) is 12.3 Å². The molecule has 0 spiro atoms. The van der Waals surface area contributed by atoms with E-state index in [1.54, 1.807) is 0 Å². The van der Waals surface area contributed by atoms with Crippen LogP contribution < -0.4 is 12.3 Å². The van der Waals surface area contributed by atoms with Gasteiger partial charge < -0.3 is 32.5 Å².